The number of hydrogen-bond acceptors (Lipinski definition) is 3. The average molecular weight is 278 g/mol. The number of hydrogen-bond donors (Lipinski definition) is 2. The molecule has 2 N–H and O–H groups in total. The number of carbonyl (C=O) groups is 1. The molecule has 4 heteroatoms. The minimum absolute atomic E-state index is 0.0396. The predicted octanol–water partition coefficient (Wildman–Crippen LogP) is 2.74. The first-order valence-electron chi connectivity index (χ1n) is 7.28. The van der Waals surface area contributed by atoms with E-state index in [1.54, 1.807) is 4.90 Å². The maximum atomic E-state index is 12.4. The van der Waals surface area contributed by atoms with Crippen molar-refractivity contribution in [3.63, 3.8) is 0 Å². The lowest BCUT2D eigenvalue weighted by atomic mass is 10.1. The van der Waals surface area contributed by atoms with Gasteiger partial charge in [0.1, 0.15) is 0 Å². The van der Waals surface area contributed by atoms with Gasteiger partial charge in [0.15, 0.2) is 0 Å². The Kier molecular flexibility index (Phi) is 7.09. The zero-order valence-corrected chi connectivity index (χ0v) is 12.7. The van der Waals surface area contributed by atoms with Gasteiger partial charge in [0.25, 0.3) is 5.91 Å². The topological polar surface area (TPSA) is 52.6 Å². The van der Waals surface area contributed by atoms with Crippen LogP contribution in [-0.4, -0.2) is 42.2 Å². The number of unbranched alkanes of at least 4 members (excludes halogenated alkanes) is 2. The maximum Gasteiger partial charge on any atom is 0.255 e. The van der Waals surface area contributed by atoms with E-state index in [1.807, 2.05) is 31.3 Å². The Morgan fingerprint density at radius 3 is 2.60 bits per heavy atom. The largest absolute Gasteiger partial charge is 0.396 e. The maximum absolute atomic E-state index is 12.4. The molecule has 0 saturated heterocycles. The summed E-state index contributed by atoms with van der Waals surface area (Å²) in [7, 11) is 1.83. The zero-order valence-electron chi connectivity index (χ0n) is 12.7. The standard InChI is InChI=1S/C16H26N2O2/c1-13(2)17-15-10-6-5-9-14(15)16(20)18(3)11-7-4-8-12-19/h5-6,9-10,13,17,19H,4,7-8,11-12H2,1-3H3. The quantitative estimate of drug-likeness (QED) is 0.719. The van der Waals surface area contributed by atoms with Gasteiger partial charge in [-0.05, 0) is 45.2 Å². The summed E-state index contributed by atoms with van der Waals surface area (Å²) >= 11 is 0. The van der Waals surface area contributed by atoms with Gasteiger partial charge in [0.05, 0.1) is 5.56 Å². The molecule has 0 heterocycles. The fraction of sp³-hybridized carbons (Fsp3) is 0.562. The lowest BCUT2D eigenvalue weighted by Crippen LogP contribution is -2.29. The highest BCUT2D eigenvalue weighted by Gasteiger charge is 2.15. The summed E-state index contributed by atoms with van der Waals surface area (Å²) in [4.78, 5) is 14.2. The number of aliphatic hydroxyl groups excluding tert-OH is 1. The van der Waals surface area contributed by atoms with Gasteiger partial charge in [-0.2, -0.15) is 0 Å². The van der Waals surface area contributed by atoms with Crippen LogP contribution < -0.4 is 5.32 Å². The van der Waals surface area contributed by atoms with Crippen molar-refractivity contribution in [3.8, 4) is 0 Å². The number of nitrogens with one attached hydrogen (secondary N) is 1. The van der Waals surface area contributed by atoms with Crippen LogP contribution in [0.4, 0.5) is 5.69 Å². The summed E-state index contributed by atoms with van der Waals surface area (Å²) < 4.78 is 0. The number of benzene rings is 1. The summed E-state index contributed by atoms with van der Waals surface area (Å²) in [5.74, 6) is 0.0396. The van der Waals surface area contributed by atoms with Gasteiger partial charge >= 0.3 is 0 Å². The van der Waals surface area contributed by atoms with Crippen molar-refractivity contribution in [1.29, 1.82) is 0 Å². The average Bonchev–Trinajstić information content (AvgIpc) is 2.42. The fourth-order valence-corrected chi connectivity index (χ4v) is 2.05. The van der Waals surface area contributed by atoms with Crippen LogP contribution in [0.3, 0.4) is 0 Å². The number of nitrogens with zero attached hydrogens (tertiary/aromatic N) is 1. The molecular weight excluding hydrogens is 252 g/mol. The van der Waals surface area contributed by atoms with Crippen LogP contribution in [-0.2, 0) is 0 Å². The number of aliphatic hydroxyl groups is 1. The summed E-state index contributed by atoms with van der Waals surface area (Å²) in [6.45, 7) is 5.05. The first-order chi connectivity index (χ1) is 9.56. The Labute approximate surface area is 121 Å². The third-order valence-corrected chi connectivity index (χ3v) is 3.10. The minimum Gasteiger partial charge on any atom is -0.396 e. The molecule has 0 bridgehead atoms. The number of carbonyl (C=O) groups excluding carboxylic acids is 1. The van der Waals surface area contributed by atoms with E-state index in [1.165, 1.54) is 0 Å². The molecule has 0 saturated carbocycles. The van der Waals surface area contributed by atoms with Crippen LogP contribution >= 0.6 is 0 Å². The molecule has 1 amide bonds. The highest BCUT2D eigenvalue weighted by molar-refractivity contribution is 5.99. The van der Waals surface area contributed by atoms with Crippen molar-refractivity contribution in [3.05, 3.63) is 29.8 Å². The van der Waals surface area contributed by atoms with Crippen LogP contribution in [0.25, 0.3) is 0 Å². The molecule has 1 rings (SSSR count). The number of rotatable bonds is 8. The summed E-state index contributed by atoms with van der Waals surface area (Å²) in [6.07, 6.45) is 2.66. The highest BCUT2D eigenvalue weighted by atomic mass is 16.2. The van der Waals surface area contributed by atoms with Gasteiger partial charge in [0.2, 0.25) is 0 Å². The summed E-state index contributed by atoms with van der Waals surface area (Å²) in [6, 6.07) is 7.91. The third kappa shape index (κ3) is 5.21. The fourth-order valence-electron chi connectivity index (χ4n) is 2.05. The van der Waals surface area contributed by atoms with Gasteiger partial charge in [0, 0.05) is 31.9 Å². The van der Waals surface area contributed by atoms with Crippen LogP contribution in [0.2, 0.25) is 0 Å². The van der Waals surface area contributed by atoms with Gasteiger partial charge in [-0.3, -0.25) is 4.79 Å². The van der Waals surface area contributed by atoms with E-state index in [4.69, 9.17) is 5.11 Å². The van der Waals surface area contributed by atoms with Crippen molar-refractivity contribution in [1.82, 2.24) is 4.90 Å². The normalized spacial score (nSPS) is 10.7. The zero-order chi connectivity index (χ0) is 15.0. The van der Waals surface area contributed by atoms with Crippen LogP contribution in [0.15, 0.2) is 24.3 Å². The number of amides is 1. The smallest absolute Gasteiger partial charge is 0.255 e. The molecule has 0 aliphatic carbocycles. The second-order valence-corrected chi connectivity index (χ2v) is 5.36. The summed E-state index contributed by atoms with van der Waals surface area (Å²) in [5.41, 5.74) is 1.60. The Morgan fingerprint density at radius 2 is 1.95 bits per heavy atom. The van der Waals surface area contributed by atoms with E-state index in [0.29, 0.717) is 11.6 Å². The molecule has 112 valence electrons. The van der Waals surface area contributed by atoms with Crippen LogP contribution in [0.1, 0.15) is 43.5 Å². The van der Waals surface area contributed by atoms with Gasteiger partial charge in [-0.15, -0.1) is 0 Å². The second-order valence-electron chi connectivity index (χ2n) is 5.36. The van der Waals surface area contributed by atoms with Gasteiger partial charge in [-0.1, -0.05) is 12.1 Å². The van der Waals surface area contributed by atoms with E-state index in [2.05, 4.69) is 19.2 Å². The Hall–Kier alpha value is -1.55. The molecule has 0 unspecified atom stereocenters. The lowest BCUT2D eigenvalue weighted by Gasteiger charge is -2.20. The highest BCUT2D eigenvalue weighted by Crippen LogP contribution is 2.18. The molecule has 4 nitrogen and oxygen atoms in total. The van der Waals surface area contributed by atoms with Crippen LogP contribution in [0.5, 0.6) is 0 Å². The van der Waals surface area contributed by atoms with Crippen molar-refractivity contribution in [2.45, 2.75) is 39.2 Å². The van der Waals surface area contributed by atoms with E-state index >= 15 is 0 Å². The molecule has 0 fully saturated rings. The molecule has 0 aliphatic rings. The Balaban J connectivity index is 2.66. The molecular formula is C16H26N2O2. The lowest BCUT2D eigenvalue weighted by molar-refractivity contribution is 0.0793. The minimum atomic E-state index is 0.0396. The van der Waals surface area contributed by atoms with E-state index < -0.39 is 0 Å². The third-order valence-electron chi connectivity index (χ3n) is 3.10. The number of para-hydroxylation sites is 1. The molecule has 0 aliphatic heterocycles. The van der Waals surface area contributed by atoms with Crippen LogP contribution in [0, 0.1) is 0 Å². The Bertz CT molecular complexity index is 419. The SMILES string of the molecule is CC(C)Nc1ccccc1C(=O)N(C)CCCCCO. The molecule has 1 aromatic rings. The van der Waals surface area contributed by atoms with Crippen molar-refractivity contribution in [2.24, 2.45) is 0 Å². The van der Waals surface area contributed by atoms with E-state index in [0.717, 1.165) is 31.5 Å². The van der Waals surface area contributed by atoms with Gasteiger partial charge < -0.3 is 15.3 Å². The van der Waals surface area contributed by atoms with Crippen molar-refractivity contribution < 1.29 is 9.90 Å². The predicted molar refractivity (Wildman–Crippen MR) is 83.1 cm³/mol. The van der Waals surface area contributed by atoms with Gasteiger partial charge in [-0.25, -0.2) is 0 Å². The molecule has 0 aromatic heterocycles. The van der Waals surface area contributed by atoms with Crippen molar-refractivity contribution >= 4 is 11.6 Å². The first kappa shape index (κ1) is 16.5. The summed E-state index contributed by atoms with van der Waals surface area (Å²) in [5, 5.41) is 12.1. The first-order valence-corrected chi connectivity index (χ1v) is 7.28. The second kappa shape index (κ2) is 8.59. The Morgan fingerprint density at radius 1 is 1.25 bits per heavy atom. The molecule has 0 radical (unpaired) electrons. The molecule has 1 aromatic carbocycles. The van der Waals surface area contributed by atoms with E-state index in [9.17, 15) is 4.79 Å². The molecule has 0 atom stereocenters. The monoisotopic (exact) mass is 278 g/mol. The van der Waals surface area contributed by atoms with E-state index in [-0.39, 0.29) is 12.5 Å². The molecule has 20 heavy (non-hydrogen) atoms. The molecule has 0 spiro atoms. The number of anilines is 1. The van der Waals surface area contributed by atoms with Crippen molar-refractivity contribution in [2.75, 3.05) is 25.5 Å².